The zero-order valence-corrected chi connectivity index (χ0v) is 12.8. The topological polar surface area (TPSA) is 47.6 Å². The lowest BCUT2D eigenvalue weighted by Gasteiger charge is -2.18. The van der Waals surface area contributed by atoms with Gasteiger partial charge in [0, 0.05) is 11.0 Å². The maximum Gasteiger partial charge on any atom is 0.234 e. The predicted molar refractivity (Wildman–Crippen MR) is 83.1 cm³/mol. The van der Waals surface area contributed by atoms with Gasteiger partial charge in [-0.2, -0.15) is 0 Å². The third-order valence-corrected chi connectivity index (χ3v) is 4.08. The van der Waals surface area contributed by atoms with Crippen LogP contribution in [0.2, 0.25) is 0 Å². The van der Waals surface area contributed by atoms with Gasteiger partial charge in [-0.25, -0.2) is 8.78 Å². The van der Waals surface area contributed by atoms with E-state index in [1.807, 2.05) is 6.07 Å². The van der Waals surface area contributed by atoms with Crippen molar-refractivity contribution < 1.29 is 23.0 Å². The van der Waals surface area contributed by atoms with Gasteiger partial charge in [0.25, 0.3) is 0 Å². The number of ether oxygens (including phenoxy) is 2. The van der Waals surface area contributed by atoms with Crippen LogP contribution in [0.3, 0.4) is 0 Å². The molecule has 0 atom stereocenters. The van der Waals surface area contributed by atoms with Crippen LogP contribution in [0, 0.1) is 11.6 Å². The molecule has 0 saturated carbocycles. The minimum atomic E-state index is -0.677. The zero-order valence-electron chi connectivity index (χ0n) is 12.0. The van der Waals surface area contributed by atoms with Gasteiger partial charge in [0.15, 0.2) is 11.5 Å². The number of hydrogen-bond donors (Lipinski definition) is 1. The van der Waals surface area contributed by atoms with Crippen molar-refractivity contribution in [1.82, 2.24) is 0 Å². The molecule has 120 valence electrons. The number of hydrogen-bond acceptors (Lipinski definition) is 4. The van der Waals surface area contributed by atoms with Crippen molar-refractivity contribution in [3.8, 4) is 11.5 Å². The first-order chi connectivity index (χ1) is 11.1. The summed E-state index contributed by atoms with van der Waals surface area (Å²) in [7, 11) is 0. The molecule has 0 radical (unpaired) electrons. The molecule has 1 heterocycles. The molecule has 1 amide bonds. The Labute approximate surface area is 135 Å². The molecule has 0 saturated heterocycles. The van der Waals surface area contributed by atoms with Gasteiger partial charge < -0.3 is 14.8 Å². The molecule has 0 aliphatic carbocycles. The summed E-state index contributed by atoms with van der Waals surface area (Å²) in [6.45, 7) is 1.00. The fourth-order valence-electron chi connectivity index (χ4n) is 2.04. The second-order valence-electron chi connectivity index (χ2n) is 4.77. The van der Waals surface area contributed by atoms with E-state index < -0.39 is 17.5 Å². The lowest BCUT2D eigenvalue weighted by molar-refractivity contribution is -0.113. The third kappa shape index (κ3) is 3.92. The number of benzene rings is 2. The van der Waals surface area contributed by atoms with Gasteiger partial charge in [-0.15, -0.1) is 11.8 Å². The smallest absolute Gasteiger partial charge is 0.234 e. The van der Waals surface area contributed by atoms with Crippen molar-refractivity contribution in [1.29, 1.82) is 0 Å². The summed E-state index contributed by atoms with van der Waals surface area (Å²) in [6.07, 6.45) is 0. The van der Waals surface area contributed by atoms with Crippen molar-refractivity contribution in [3.05, 3.63) is 48.0 Å². The predicted octanol–water partition coefficient (Wildman–Crippen LogP) is 3.47. The Morgan fingerprint density at radius 2 is 1.87 bits per heavy atom. The van der Waals surface area contributed by atoms with Crippen LogP contribution in [0.25, 0.3) is 0 Å². The van der Waals surface area contributed by atoms with Crippen LogP contribution in [-0.2, 0) is 4.79 Å². The van der Waals surface area contributed by atoms with Crippen molar-refractivity contribution >= 4 is 23.4 Å². The zero-order chi connectivity index (χ0) is 16.2. The van der Waals surface area contributed by atoms with Crippen LogP contribution in [0.4, 0.5) is 14.5 Å². The Hall–Kier alpha value is -2.28. The Morgan fingerprint density at radius 1 is 1.09 bits per heavy atom. The maximum atomic E-state index is 13.5. The number of anilines is 1. The Kier molecular flexibility index (Phi) is 4.66. The van der Waals surface area contributed by atoms with E-state index in [0.29, 0.717) is 24.7 Å². The quantitative estimate of drug-likeness (QED) is 0.868. The first-order valence-corrected chi connectivity index (χ1v) is 7.88. The van der Waals surface area contributed by atoms with E-state index in [-0.39, 0.29) is 11.4 Å². The lowest BCUT2D eigenvalue weighted by atomic mass is 10.3. The van der Waals surface area contributed by atoms with E-state index in [0.717, 1.165) is 23.1 Å². The lowest BCUT2D eigenvalue weighted by Crippen LogP contribution is -2.16. The molecule has 3 rings (SSSR count). The molecule has 0 unspecified atom stereocenters. The second kappa shape index (κ2) is 6.87. The van der Waals surface area contributed by atoms with Crippen LogP contribution in [0.5, 0.6) is 11.5 Å². The molecule has 2 aromatic rings. The monoisotopic (exact) mass is 337 g/mol. The molecule has 1 N–H and O–H groups in total. The van der Waals surface area contributed by atoms with Crippen molar-refractivity contribution in [3.63, 3.8) is 0 Å². The molecule has 0 bridgehead atoms. The number of thioether (sulfide) groups is 1. The summed E-state index contributed by atoms with van der Waals surface area (Å²) >= 11 is 1.27. The van der Waals surface area contributed by atoms with E-state index in [1.54, 1.807) is 12.1 Å². The Morgan fingerprint density at radius 3 is 2.70 bits per heavy atom. The number of carbonyl (C=O) groups is 1. The fourth-order valence-corrected chi connectivity index (χ4v) is 2.77. The first-order valence-electron chi connectivity index (χ1n) is 6.89. The van der Waals surface area contributed by atoms with Crippen LogP contribution in [-0.4, -0.2) is 24.9 Å². The summed E-state index contributed by atoms with van der Waals surface area (Å²) in [5.41, 5.74) is -0.169. The molecule has 1 aliphatic rings. The van der Waals surface area contributed by atoms with Gasteiger partial charge >= 0.3 is 0 Å². The average Bonchev–Trinajstić information content (AvgIpc) is 2.56. The van der Waals surface area contributed by atoms with Gasteiger partial charge in [0.05, 0.1) is 11.4 Å². The Balaban J connectivity index is 1.59. The molecule has 2 aromatic carbocycles. The molecule has 0 aromatic heterocycles. The summed E-state index contributed by atoms with van der Waals surface area (Å²) < 4.78 is 37.4. The van der Waals surface area contributed by atoms with Gasteiger partial charge in [-0.1, -0.05) is 0 Å². The SMILES string of the molecule is O=C(CSc1ccc2c(c1)OCCO2)Nc1cc(F)ccc1F. The van der Waals surface area contributed by atoms with E-state index in [1.165, 1.54) is 11.8 Å². The number of rotatable bonds is 4. The van der Waals surface area contributed by atoms with Gasteiger partial charge in [0.2, 0.25) is 5.91 Å². The largest absolute Gasteiger partial charge is 0.486 e. The van der Waals surface area contributed by atoms with Crippen LogP contribution >= 0.6 is 11.8 Å². The first kappa shape index (κ1) is 15.6. The van der Waals surface area contributed by atoms with Crippen LogP contribution in [0.15, 0.2) is 41.3 Å². The van der Waals surface area contributed by atoms with Crippen LogP contribution < -0.4 is 14.8 Å². The maximum absolute atomic E-state index is 13.5. The Bertz CT molecular complexity index is 739. The van der Waals surface area contributed by atoms with Gasteiger partial charge in [0.1, 0.15) is 24.8 Å². The van der Waals surface area contributed by atoms with Crippen molar-refractivity contribution in [2.75, 3.05) is 24.3 Å². The third-order valence-electron chi connectivity index (χ3n) is 3.09. The average molecular weight is 337 g/mol. The van der Waals surface area contributed by atoms with Crippen molar-refractivity contribution in [2.24, 2.45) is 0 Å². The van der Waals surface area contributed by atoms with E-state index in [9.17, 15) is 13.6 Å². The number of halogens is 2. The van der Waals surface area contributed by atoms with Gasteiger partial charge in [-0.3, -0.25) is 4.79 Å². The highest BCUT2D eigenvalue weighted by Gasteiger charge is 2.13. The van der Waals surface area contributed by atoms with E-state index >= 15 is 0 Å². The molecule has 1 aliphatic heterocycles. The number of carbonyl (C=O) groups excluding carboxylic acids is 1. The summed E-state index contributed by atoms with van der Waals surface area (Å²) in [4.78, 5) is 12.7. The summed E-state index contributed by atoms with van der Waals surface area (Å²) in [6, 6.07) is 8.29. The van der Waals surface area contributed by atoms with E-state index in [4.69, 9.17) is 9.47 Å². The molecule has 4 nitrogen and oxygen atoms in total. The molecule has 0 fully saturated rings. The van der Waals surface area contributed by atoms with Crippen LogP contribution in [0.1, 0.15) is 0 Å². The molecule has 23 heavy (non-hydrogen) atoms. The highest BCUT2D eigenvalue weighted by molar-refractivity contribution is 8.00. The number of nitrogens with one attached hydrogen (secondary N) is 1. The minimum Gasteiger partial charge on any atom is -0.486 e. The normalized spacial score (nSPS) is 12.8. The summed E-state index contributed by atoms with van der Waals surface area (Å²) in [5, 5.41) is 2.35. The molecule has 0 spiro atoms. The minimum absolute atomic E-state index is 0.0651. The highest BCUT2D eigenvalue weighted by Crippen LogP contribution is 2.34. The fraction of sp³-hybridized carbons (Fsp3) is 0.188. The van der Waals surface area contributed by atoms with Crippen molar-refractivity contribution in [2.45, 2.75) is 4.90 Å². The molecular weight excluding hydrogens is 324 g/mol. The highest BCUT2D eigenvalue weighted by atomic mass is 32.2. The standard InChI is InChI=1S/C16H13F2NO3S/c17-10-1-3-12(18)13(7-10)19-16(20)9-23-11-2-4-14-15(8-11)22-6-5-21-14/h1-4,7-8H,5-6,9H2,(H,19,20). The number of amides is 1. The van der Waals surface area contributed by atoms with Gasteiger partial charge in [-0.05, 0) is 30.3 Å². The molecular formula is C16H13F2NO3S. The van der Waals surface area contributed by atoms with E-state index in [2.05, 4.69) is 5.32 Å². The summed E-state index contributed by atoms with van der Waals surface area (Å²) in [5.74, 6) is -0.334. The molecule has 7 heteroatoms. The second-order valence-corrected chi connectivity index (χ2v) is 5.82. The number of fused-ring (bicyclic) bond motifs is 1.